The zero-order chi connectivity index (χ0) is 10.7. The fourth-order valence-corrected chi connectivity index (χ4v) is 1.10. The Morgan fingerprint density at radius 1 is 1.00 bits per heavy atom. The smallest absolute Gasteiger partial charge is 0.221 e. The number of halogens is 2. The Kier molecular flexibility index (Phi) is 2.58. The lowest BCUT2D eigenvalue weighted by atomic mass is 10.3. The van der Waals surface area contributed by atoms with Gasteiger partial charge in [0.15, 0.2) is 0 Å². The van der Waals surface area contributed by atoms with Crippen molar-refractivity contribution in [1.29, 1.82) is 0 Å². The van der Waals surface area contributed by atoms with Gasteiger partial charge in [0.1, 0.15) is 11.6 Å². The van der Waals surface area contributed by atoms with Crippen molar-refractivity contribution in [1.82, 2.24) is 4.98 Å². The maximum Gasteiger partial charge on any atom is 0.221 e. The first-order valence-electron chi connectivity index (χ1n) is 4.30. The Morgan fingerprint density at radius 3 is 2.53 bits per heavy atom. The fraction of sp³-hybridized carbons (Fsp3) is 0. The molecule has 2 rings (SSSR count). The average molecular weight is 207 g/mol. The third-order valence-corrected chi connectivity index (χ3v) is 1.71. The van der Waals surface area contributed by atoms with E-state index in [1.807, 2.05) is 0 Å². The minimum absolute atomic E-state index is 0.0978. The van der Waals surface area contributed by atoms with Crippen LogP contribution in [-0.4, -0.2) is 4.98 Å². The number of hydrogen-bond donors (Lipinski definition) is 0. The van der Waals surface area contributed by atoms with Crippen molar-refractivity contribution in [3.8, 4) is 11.6 Å². The molecule has 1 aromatic carbocycles. The molecule has 0 bridgehead atoms. The number of aromatic nitrogens is 1. The first-order valence-corrected chi connectivity index (χ1v) is 4.30. The van der Waals surface area contributed by atoms with Gasteiger partial charge in [-0.2, -0.15) is 9.37 Å². The first kappa shape index (κ1) is 9.58. The number of rotatable bonds is 2. The Balaban J connectivity index is 2.22. The van der Waals surface area contributed by atoms with E-state index in [9.17, 15) is 8.78 Å². The lowest BCUT2D eigenvalue weighted by molar-refractivity contribution is 0.442. The van der Waals surface area contributed by atoms with Crippen molar-refractivity contribution >= 4 is 0 Å². The van der Waals surface area contributed by atoms with Gasteiger partial charge in [0, 0.05) is 12.1 Å². The van der Waals surface area contributed by atoms with Gasteiger partial charge in [-0.3, -0.25) is 0 Å². The molecule has 0 N–H and O–H groups in total. The Labute approximate surface area is 85.2 Å². The van der Waals surface area contributed by atoms with Gasteiger partial charge >= 0.3 is 0 Å². The first-order chi connectivity index (χ1) is 7.24. The van der Waals surface area contributed by atoms with E-state index in [1.54, 1.807) is 6.07 Å². The van der Waals surface area contributed by atoms with Gasteiger partial charge in [0.2, 0.25) is 11.8 Å². The molecule has 4 heteroatoms. The zero-order valence-corrected chi connectivity index (χ0v) is 7.65. The van der Waals surface area contributed by atoms with Crippen LogP contribution in [0.3, 0.4) is 0 Å². The molecule has 0 amide bonds. The largest absolute Gasteiger partial charge is 0.439 e. The van der Waals surface area contributed by atoms with Crippen molar-refractivity contribution < 1.29 is 13.5 Å². The molecule has 0 fully saturated rings. The lowest BCUT2D eigenvalue weighted by Crippen LogP contribution is -1.90. The van der Waals surface area contributed by atoms with E-state index < -0.39 is 11.8 Å². The van der Waals surface area contributed by atoms with Crippen LogP contribution in [0.25, 0.3) is 0 Å². The van der Waals surface area contributed by atoms with E-state index >= 15 is 0 Å². The van der Waals surface area contributed by atoms with Gasteiger partial charge in [-0.05, 0) is 18.2 Å². The van der Waals surface area contributed by atoms with Gasteiger partial charge in [0.25, 0.3) is 0 Å². The second-order valence-corrected chi connectivity index (χ2v) is 2.86. The van der Waals surface area contributed by atoms with Gasteiger partial charge < -0.3 is 4.74 Å². The van der Waals surface area contributed by atoms with Crippen molar-refractivity contribution in [2.75, 3.05) is 0 Å². The monoisotopic (exact) mass is 207 g/mol. The number of pyridine rings is 1. The Hall–Kier alpha value is -1.97. The number of hydrogen-bond acceptors (Lipinski definition) is 2. The van der Waals surface area contributed by atoms with Crippen LogP contribution in [0.4, 0.5) is 8.78 Å². The molecule has 15 heavy (non-hydrogen) atoms. The molecule has 0 unspecified atom stereocenters. The third kappa shape index (κ3) is 2.49. The van der Waals surface area contributed by atoms with Crippen molar-refractivity contribution in [2.24, 2.45) is 0 Å². The summed E-state index contributed by atoms with van der Waals surface area (Å²) in [5.41, 5.74) is 0. The SMILES string of the molecule is Fc1cccc(Oc2cccc(F)n2)c1. The molecule has 1 aromatic heterocycles. The maximum atomic E-state index is 12.8. The van der Waals surface area contributed by atoms with E-state index in [-0.39, 0.29) is 11.6 Å². The summed E-state index contributed by atoms with van der Waals surface area (Å²) in [5, 5.41) is 0. The summed E-state index contributed by atoms with van der Waals surface area (Å²) in [7, 11) is 0. The summed E-state index contributed by atoms with van der Waals surface area (Å²) in [6, 6.07) is 9.74. The molecule has 0 atom stereocenters. The van der Waals surface area contributed by atoms with E-state index in [1.165, 1.54) is 36.4 Å². The molecule has 0 aliphatic rings. The molecule has 0 spiro atoms. The molecule has 0 aliphatic heterocycles. The molecular weight excluding hydrogens is 200 g/mol. The van der Waals surface area contributed by atoms with Crippen LogP contribution >= 0.6 is 0 Å². The quantitative estimate of drug-likeness (QED) is 0.705. The highest BCUT2D eigenvalue weighted by Gasteiger charge is 2.00. The van der Waals surface area contributed by atoms with E-state index in [4.69, 9.17) is 4.74 Å². The molecule has 1 heterocycles. The zero-order valence-electron chi connectivity index (χ0n) is 7.65. The number of benzene rings is 1. The number of nitrogens with zero attached hydrogens (tertiary/aromatic N) is 1. The summed E-state index contributed by atoms with van der Waals surface area (Å²) in [4.78, 5) is 3.49. The highest BCUT2D eigenvalue weighted by molar-refractivity contribution is 5.27. The van der Waals surface area contributed by atoms with E-state index in [2.05, 4.69) is 4.98 Å². The average Bonchev–Trinajstić information content (AvgIpc) is 2.17. The van der Waals surface area contributed by atoms with Crippen molar-refractivity contribution in [3.63, 3.8) is 0 Å². The number of ether oxygens (including phenoxy) is 1. The van der Waals surface area contributed by atoms with Gasteiger partial charge in [0.05, 0.1) is 0 Å². The van der Waals surface area contributed by atoms with Crippen LogP contribution in [0, 0.1) is 11.8 Å². The molecule has 0 aliphatic carbocycles. The topological polar surface area (TPSA) is 22.1 Å². The van der Waals surface area contributed by atoms with E-state index in [0.717, 1.165) is 0 Å². The molecular formula is C11H7F2NO. The van der Waals surface area contributed by atoms with Gasteiger partial charge in [-0.1, -0.05) is 12.1 Å². The second-order valence-electron chi connectivity index (χ2n) is 2.86. The predicted octanol–water partition coefficient (Wildman–Crippen LogP) is 3.15. The summed E-state index contributed by atoms with van der Waals surface area (Å²) < 4.78 is 30.6. The maximum absolute atomic E-state index is 12.8. The Morgan fingerprint density at radius 2 is 1.80 bits per heavy atom. The molecule has 76 valence electrons. The molecule has 0 radical (unpaired) electrons. The standard InChI is InChI=1S/C11H7F2NO/c12-8-3-1-4-9(7-8)15-11-6-2-5-10(13)14-11/h1-7H. The fourth-order valence-electron chi connectivity index (χ4n) is 1.10. The van der Waals surface area contributed by atoms with E-state index in [0.29, 0.717) is 0 Å². The lowest BCUT2D eigenvalue weighted by Gasteiger charge is -2.03. The molecule has 0 saturated heterocycles. The van der Waals surface area contributed by atoms with Crippen molar-refractivity contribution in [3.05, 3.63) is 54.2 Å². The molecule has 2 aromatic rings. The molecule has 2 nitrogen and oxygen atoms in total. The minimum Gasteiger partial charge on any atom is -0.439 e. The molecule has 0 saturated carbocycles. The van der Waals surface area contributed by atoms with Crippen molar-refractivity contribution in [2.45, 2.75) is 0 Å². The normalized spacial score (nSPS) is 10.0. The highest BCUT2D eigenvalue weighted by Crippen LogP contribution is 2.19. The summed E-state index contributed by atoms with van der Waals surface area (Å²) in [5.74, 6) is -0.665. The summed E-state index contributed by atoms with van der Waals surface area (Å²) in [6.07, 6.45) is 0. The van der Waals surface area contributed by atoms with Crippen LogP contribution < -0.4 is 4.74 Å². The summed E-state index contributed by atoms with van der Waals surface area (Å²) >= 11 is 0. The second kappa shape index (κ2) is 4.04. The minimum atomic E-state index is -0.635. The van der Waals surface area contributed by atoms with Crippen LogP contribution in [0.1, 0.15) is 0 Å². The van der Waals surface area contributed by atoms with Gasteiger partial charge in [-0.15, -0.1) is 0 Å². The van der Waals surface area contributed by atoms with Gasteiger partial charge in [-0.25, -0.2) is 4.39 Å². The Bertz CT molecular complexity index is 430. The van der Waals surface area contributed by atoms with Crippen LogP contribution in [0.15, 0.2) is 42.5 Å². The predicted molar refractivity (Wildman–Crippen MR) is 50.7 cm³/mol. The highest BCUT2D eigenvalue weighted by atomic mass is 19.1. The van der Waals surface area contributed by atoms with Crippen LogP contribution in [0.2, 0.25) is 0 Å². The van der Waals surface area contributed by atoms with Crippen LogP contribution in [-0.2, 0) is 0 Å². The summed E-state index contributed by atoms with van der Waals surface area (Å²) in [6.45, 7) is 0. The van der Waals surface area contributed by atoms with Crippen LogP contribution in [0.5, 0.6) is 11.6 Å². The third-order valence-electron chi connectivity index (χ3n) is 1.71.